The Balaban J connectivity index is 2.11. The third-order valence-corrected chi connectivity index (χ3v) is 2.75. The van der Waals surface area contributed by atoms with E-state index in [1.807, 2.05) is 6.20 Å². The van der Waals surface area contributed by atoms with Crippen LogP contribution in [-0.2, 0) is 12.8 Å². The van der Waals surface area contributed by atoms with Crippen molar-refractivity contribution in [1.29, 1.82) is 0 Å². The molecule has 0 saturated carbocycles. The molecule has 1 aromatic rings. The van der Waals surface area contributed by atoms with Crippen LogP contribution in [0.5, 0.6) is 0 Å². The maximum Gasteiger partial charge on any atom is 0.220 e. The van der Waals surface area contributed by atoms with Gasteiger partial charge in [0.2, 0.25) is 5.95 Å². The predicted molar refractivity (Wildman–Crippen MR) is 57.4 cm³/mol. The Hall–Kier alpha value is -1.20. The van der Waals surface area contributed by atoms with Crippen molar-refractivity contribution in [3.05, 3.63) is 17.5 Å². The van der Waals surface area contributed by atoms with Gasteiger partial charge in [-0.05, 0) is 12.0 Å². The van der Waals surface area contributed by atoms with E-state index < -0.39 is 0 Å². The van der Waals surface area contributed by atoms with Gasteiger partial charge >= 0.3 is 0 Å². The zero-order valence-electron chi connectivity index (χ0n) is 8.69. The highest BCUT2D eigenvalue weighted by molar-refractivity contribution is 5.26. The second kappa shape index (κ2) is 4.55. The maximum absolute atomic E-state index is 8.88. The lowest BCUT2D eigenvalue weighted by atomic mass is 10.1. The van der Waals surface area contributed by atoms with Gasteiger partial charge in [-0.1, -0.05) is 0 Å². The van der Waals surface area contributed by atoms with Gasteiger partial charge < -0.3 is 15.7 Å². The van der Waals surface area contributed by atoms with Crippen molar-refractivity contribution in [3.8, 4) is 0 Å². The molecule has 82 valence electrons. The molecular weight excluding hydrogens is 192 g/mol. The second-order valence-corrected chi connectivity index (χ2v) is 3.77. The van der Waals surface area contributed by atoms with E-state index in [-0.39, 0.29) is 6.61 Å². The van der Waals surface area contributed by atoms with Crippen molar-refractivity contribution in [1.82, 2.24) is 14.9 Å². The number of anilines is 1. The second-order valence-electron chi connectivity index (χ2n) is 3.77. The van der Waals surface area contributed by atoms with Gasteiger partial charge in [0.05, 0.1) is 12.3 Å². The fourth-order valence-corrected chi connectivity index (χ4v) is 1.90. The van der Waals surface area contributed by atoms with E-state index in [4.69, 9.17) is 10.8 Å². The molecule has 0 atom stereocenters. The van der Waals surface area contributed by atoms with E-state index in [9.17, 15) is 0 Å². The fraction of sp³-hybridized carbons (Fsp3) is 0.600. The molecule has 15 heavy (non-hydrogen) atoms. The first-order chi connectivity index (χ1) is 7.29. The molecule has 5 nitrogen and oxygen atoms in total. The monoisotopic (exact) mass is 208 g/mol. The van der Waals surface area contributed by atoms with Gasteiger partial charge in [0, 0.05) is 32.3 Å². The molecule has 0 aliphatic carbocycles. The zero-order valence-corrected chi connectivity index (χ0v) is 8.69. The molecule has 0 saturated heterocycles. The van der Waals surface area contributed by atoms with Crippen molar-refractivity contribution in [2.24, 2.45) is 0 Å². The largest absolute Gasteiger partial charge is 0.395 e. The van der Waals surface area contributed by atoms with Crippen LogP contribution in [0.1, 0.15) is 11.3 Å². The van der Waals surface area contributed by atoms with Gasteiger partial charge in [0.1, 0.15) is 0 Å². The van der Waals surface area contributed by atoms with E-state index >= 15 is 0 Å². The lowest BCUT2D eigenvalue weighted by molar-refractivity contribution is 0.201. The van der Waals surface area contributed by atoms with Crippen molar-refractivity contribution in [2.75, 3.05) is 32.0 Å². The molecule has 1 aromatic heterocycles. The standard InChI is InChI=1S/C10H16N4O/c11-10-12-7-8-1-3-14(5-6-15)4-2-9(8)13-10/h7,15H,1-6H2,(H2,11,12,13). The molecule has 3 N–H and O–H groups in total. The number of hydrogen-bond donors (Lipinski definition) is 2. The Kier molecular flexibility index (Phi) is 3.13. The molecule has 1 aliphatic heterocycles. The minimum atomic E-state index is 0.212. The molecule has 0 fully saturated rings. The third kappa shape index (κ3) is 2.43. The van der Waals surface area contributed by atoms with E-state index in [2.05, 4.69) is 14.9 Å². The summed E-state index contributed by atoms with van der Waals surface area (Å²) in [6.45, 7) is 2.84. The molecule has 0 spiro atoms. The smallest absolute Gasteiger partial charge is 0.220 e. The summed E-state index contributed by atoms with van der Waals surface area (Å²) in [5.41, 5.74) is 7.79. The average Bonchev–Trinajstić information content (AvgIpc) is 2.42. The molecule has 0 bridgehead atoms. The highest BCUT2D eigenvalue weighted by Crippen LogP contribution is 2.13. The summed E-state index contributed by atoms with van der Waals surface area (Å²) >= 11 is 0. The van der Waals surface area contributed by atoms with Gasteiger partial charge in [-0.2, -0.15) is 0 Å². The molecule has 2 rings (SSSR count). The first kappa shape index (κ1) is 10.3. The summed E-state index contributed by atoms with van der Waals surface area (Å²) < 4.78 is 0. The van der Waals surface area contributed by atoms with E-state index in [0.29, 0.717) is 5.95 Å². The quantitative estimate of drug-likeness (QED) is 0.682. The number of nitrogens with two attached hydrogens (primary N) is 1. The van der Waals surface area contributed by atoms with Gasteiger partial charge in [0.15, 0.2) is 0 Å². The van der Waals surface area contributed by atoms with E-state index in [0.717, 1.165) is 38.2 Å². The summed E-state index contributed by atoms with van der Waals surface area (Å²) in [7, 11) is 0. The van der Waals surface area contributed by atoms with Crippen molar-refractivity contribution < 1.29 is 5.11 Å². The number of aromatic nitrogens is 2. The van der Waals surface area contributed by atoms with Crippen molar-refractivity contribution in [3.63, 3.8) is 0 Å². The number of hydrogen-bond acceptors (Lipinski definition) is 5. The molecule has 0 unspecified atom stereocenters. The molecule has 2 heterocycles. The van der Waals surface area contributed by atoms with Gasteiger partial charge in [-0.3, -0.25) is 0 Å². The third-order valence-electron chi connectivity index (χ3n) is 2.75. The van der Waals surface area contributed by atoms with Gasteiger partial charge in [-0.15, -0.1) is 0 Å². The summed E-state index contributed by atoms with van der Waals surface area (Å²) in [4.78, 5) is 10.5. The molecule has 0 amide bonds. The summed E-state index contributed by atoms with van der Waals surface area (Å²) in [5, 5.41) is 8.88. The van der Waals surface area contributed by atoms with Crippen molar-refractivity contribution >= 4 is 5.95 Å². The van der Waals surface area contributed by atoms with Crippen LogP contribution in [0.15, 0.2) is 6.20 Å². The van der Waals surface area contributed by atoms with Crippen LogP contribution in [0.25, 0.3) is 0 Å². The first-order valence-electron chi connectivity index (χ1n) is 5.23. The van der Waals surface area contributed by atoms with Crippen LogP contribution in [0.2, 0.25) is 0 Å². The Labute approximate surface area is 88.9 Å². The summed E-state index contributed by atoms with van der Waals surface area (Å²) in [6, 6.07) is 0. The number of β-amino-alcohol motifs (C(OH)–C–C–N with tert-alkyl or cyclic N) is 1. The van der Waals surface area contributed by atoms with Crippen molar-refractivity contribution in [2.45, 2.75) is 12.8 Å². The minimum Gasteiger partial charge on any atom is -0.395 e. The Bertz CT molecular complexity index is 342. The fourth-order valence-electron chi connectivity index (χ4n) is 1.90. The topological polar surface area (TPSA) is 75.3 Å². The first-order valence-corrected chi connectivity index (χ1v) is 5.23. The molecular formula is C10H16N4O. The highest BCUT2D eigenvalue weighted by Gasteiger charge is 2.14. The van der Waals surface area contributed by atoms with Crippen LogP contribution in [-0.4, -0.2) is 46.2 Å². The number of fused-ring (bicyclic) bond motifs is 1. The Morgan fingerprint density at radius 2 is 2.20 bits per heavy atom. The SMILES string of the molecule is Nc1ncc2c(n1)CCN(CCO)CC2. The van der Waals surface area contributed by atoms with Crippen LogP contribution in [0.3, 0.4) is 0 Å². The average molecular weight is 208 g/mol. The molecule has 0 radical (unpaired) electrons. The zero-order chi connectivity index (χ0) is 10.7. The molecule has 0 aromatic carbocycles. The maximum atomic E-state index is 8.88. The minimum absolute atomic E-state index is 0.212. The number of rotatable bonds is 2. The lowest BCUT2D eigenvalue weighted by Gasteiger charge is -2.17. The van der Waals surface area contributed by atoms with Crippen LogP contribution < -0.4 is 5.73 Å². The Morgan fingerprint density at radius 3 is 3.00 bits per heavy atom. The van der Waals surface area contributed by atoms with E-state index in [1.54, 1.807) is 0 Å². The lowest BCUT2D eigenvalue weighted by Crippen LogP contribution is -2.29. The predicted octanol–water partition coefficient (Wildman–Crippen LogP) is -0.548. The van der Waals surface area contributed by atoms with Crippen LogP contribution in [0, 0.1) is 0 Å². The summed E-state index contributed by atoms with van der Waals surface area (Å²) in [6.07, 6.45) is 3.65. The normalized spacial score (nSPS) is 17.1. The molecule has 1 aliphatic rings. The molecule has 5 heteroatoms. The highest BCUT2D eigenvalue weighted by atomic mass is 16.3. The van der Waals surface area contributed by atoms with Gasteiger partial charge in [0.25, 0.3) is 0 Å². The van der Waals surface area contributed by atoms with Crippen LogP contribution in [0.4, 0.5) is 5.95 Å². The summed E-state index contributed by atoms with van der Waals surface area (Å²) in [5.74, 6) is 0.351. The Morgan fingerprint density at radius 1 is 1.40 bits per heavy atom. The number of nitrogens with zero attached hydrogens (tertiary/aromatic N) is 3. The number of aliphatic hydroxyl groups is 1. The van der Waals surface area contributed by atoms with Gasteiger partial charge in [-0.25, -0.2) is 9.97 Å². The van der Waals surface area contributed by atoms with Crippen LogP contribution >= 0.6 is 0 Å². The van der Waals surface area contributed by atoms with E-state index in [1.165, 1.54) is 5.56 Å². The number of nitrogen functional groups attached to an aromatic ring is 1. The number of aliphatic hydroxyl groups excluding tert-OH is 1.